The highest BCUT2D eigenvalue weighted by atomic mass is 16.2. The minimum Gasteiger partial charge on any atom is -0.341 e. The third-order valence-corrected chi connectivity index (χ3v) is 3.97. The Morgan fingerprint density at radius 1 is 1.04 bits per heavy atom. The van der Waals surface area contributed by atoms with Crippen molar-refractivity contribution in [3.63, 3.8) is 0 Å². The molecule has 2 rings (SSSR count). The molecular formula is C20H22N4O2. The fourth-order valence-corrected chi connectivity index (χ4v) is 2.63. The second-order valence-electron chi connectivity index (χ2n) is 5.98. The van der Waals surface area contributed by atoms with Crippen LogP contribution in [-0.4, -0.2) is 24.5 Å². The van der Waals surface area contributed by atoms with Gasteiger partial charge in [-0.2, -0.15) is 5.26 Å². The molecule has 0 fully saturated rings. The van der Waals surface area contributed by atoms with E-state index in [2.05, 4.69) is 16.0 Å². The fourth-order valence-electron chi connectivity index (χ4n) is 2.63. The Morgan fingerprint density at radius 2 is 1.69 bits per heavy atom. The minimum atomic E-state index is -0.782. The SMILES string of the molecule is Cc1cccc(C)c1NC(=O)NC(Cc1ccccc1)C(=O)NCC#N. The third-order valence-electron chi connectivity index (χ3n) is 3.97. The zero-order chi connectivity index (χ0) is 18.9. The summed E-state index contributed by atoms with van der Waals surface area (Å²) in [7, 11) is 0. The molecule has 0 bridgehead atoms. The first-order valence-corrected chi connectivity index (χ1v) is 8.33. The highest BCUT2D eigenvalue weighted by Gasteiger charge is 2.21. The lowest BCUT2D eigenvalue weighted by atomic mass is 10.1. The smallest absolute Gasteiger partial charge is 0.319 e. The number of anilines is 1. The lowest BCUT2D eigenvalue weighted by Crippen LogP contribution is -2.49. The maximum absolute atomic E-state index is 12.4. The van der Waals surface area contributed by atoms with Crippen LogP contribution < -0.4 is 16.0 Å². The summed E-state index contributed by atoms with van der Waals surface area (Å²) >= 11 is 0. The standard InChI is InChI=1S/C20H22N4O2/c1-14-7-6-8-15(2)18(14)24-20(26)23-17(19(25)22-12-11-21)13-16-9-4-3-5-10-16/h3-10,17H,12-13H2,1-2H3,(H,22,25)(H2,23,24,26). The number of carbonyl (C=O) groups excluding carboxylic acids is 2. The zero-order valence-electron chi connectivity index (χ0n) is 14.9. The molecule has 0 radical (unpaired) electrons. The van der Waals surface area contributed by atoms with Crippen LogP contribution in [0.3, 0.4) is 0 Å². The van der Waals surface area contributed by atoms with Gasteiger partial charge in [0, 0.05) is 12.1 Å². The van der Waals surface area contributed by atoms with Crippen molar-refractivity contribution in [2.24, 2.45) is 0 Å². The summed E-state index contributed by atoms with van der Waals surface area (Å²) in [6, 6.07) is 15.7. The Kier molecular flexibility index (Phi) is 6.75. The van der Waals surface area contributed by atoms with E-state index in [1.807, 2.05) is 68.4 Å². The first-order chi connectivity index (χ1) is 12.5. The summed E-state index contributed by atoms with van der Waals surface area (Å²) < 4.78 is 0. The van der Waals surface area contributed by atoms with E-state index in [-0.39, 0.29) is 6.54 Å². The number of nitrogens with one attached hydrogen (secondary N) is 3. The largest absolute Gasteiger partial charge is 0.341 e. The van der Waals surface area contributed by atoms with Crippen LogP contribution in [0.5, 0.6) is 0 Å². The van der Waals surface area contributed by atoms with Gasteiger partial charge in [0.2, 0.25) is 5.91 Å². The molecule has 0 saturated carbocycles. The summed E-state index contributed by atoms with van der Waals surface area (Å²) in [5.74, 6) is -0.396. The van der Waals surface area contributed by atoms with Crippen LogP contribution in [-0.2, 0) is 11.2 Å². The molecule has 3 amide bonds. The molecule has 134 valence electrons. The van der Waals surface area contributed by atoms with Crippen LogP contribution >= 0.6 is 0 Å². The molecule has 1 atom stereocenters. The molecule has 0 heterocycles. The maximum atomic E-state index is 12.4. The van der Waals surface area contributed by atoms with E-state index >= 15 is 0 Å². The zero-order valence-corrected chi connectivity index (χ0v) is 14.9. The first kappa shape index (κ1) is 19.0. The molecule has 0 aliphatic carbocycles. The molecular weight excluding hydrogens is 328 g/mol. The Bertz CT molecular complexity index is 792. The van der Waals surface area contributed by atoms with Crippen molar-refractivity contribution in [1.82, 2.24) is 10.6 Å². The summed E-state index contributed by atoms with van der Waals surface area (Å²) in [4.78, 5) is 24.8. The average molecular weight is 350 g/mol. The summed E-state index contributed by atoms with van der Waals surface area (Å²) in [5.41, 5.74) is 3.51. The molecule has 0 aliphatic rings. The minimum absolute atomic E-state index is 0.107. The van der Waals surface area contributed by atoms with E-state index in [1.165, 1.54) is 0 Å². The number of hydrogen-bond acceptors (Lipinski definition) is 3. The number of nitrogens with zero attached hydrogens (tertiary/aromatic N) is 1. The van der Waals surface area contributed by atoms with Crippen molar-refractivity contribution in [3.8, 4) is 6.07 Å². The van der Waals surface area contributed by atoms with Crippen LogP contribution in [0.25, 0.3) is 0 Å². The Labute approximate surface area is 153 Å². The van der Waals surface area contributed by atoms with Crippen molar-refractivity contribution in [3.05, 3.63) is 65.2 Å². The van der Waals surface area contributed by atoms with Crippen LogP contribution in [0.1, 0.15) is 16.7 Å². The lowest BCUT2D eigenvalue weighted by molar-refractivity contribution is -0.122. The van der Waals surface area contributed by atoms with E-state index in [1.54, 1.807) is 0 Å². The molecule has 2 aromatic rings. The van der Waals surface area contributed by atoms with E-state index in [0.29, 0.717) is 6.42 Å². The van der Waals surface area contributed by atoms with Crippen molar-refractivity contribution < 1.29 is 9.59 Å². The van der Waals surface area contributed by atoms with Gasteiger partial charge in [0.15, 0.2) is 0 Å². The molecule has 6 nitrogen and oxygen atoms in total. The molecule has 0 spiro atoms. The van der Waals surface area contributed by atoms with Crippen LogP contribution in [0.2, 0.25) is 0 Å². The van der Waals surface area contributed by atoms with Crippen LogP contribution in [0.4, 0.5) is 10.5 Å². The number of aryl methyl sites for hydroxylation is 2. The van der Waals surface area contributed by atoms with Gasteiger partial charge in [0.05, 0.1) is 6.07 Å². The number of rotatable bonds is 6. The van der Waals surface area contributed by atoms with E-state index < -0.39 is 18.0 Å². The number of nitriles is 1. The highest BCUT2D eigenvalue weighted by Crippen LogP contribution is 2.19. The predicted octanol–water partition coefficient (Wildman–Crippen LogP) is 2.68. The number of para-hydroxylation sites is 1. The highest BCUT2D eigenvalue weighted by molar-refractivity contribution is 5.95. The van der Waals surface area contributed by atoms with Gasteiger partial charge < -0.3 is 16.0 Å². The van der Waals surface area contributed by atoms with Gasteiger partial charge in [-0.1, -0.05) is 48.5 Å². The fraction of sp³-hybridized carbons (Fsp3) is 0.250. The number of amides is 3. The monoisotopic (exact) mass is 350 g/mol. The second-order valence-corrected chi connectivity index (χ2v) is 5.98. The second kappa shape index (κ2) is 9.23. The number of benzene rings is 2. The van der Waals surface area contributed by atoms with E-state index in [0.717, 1.165) is 22.4 Å². The van der Waals surface area contributed by atoms with Crippen molar-refractivity contribution in [2.75, 3.05) is 11.9 Å². The molecule has 0 saturated heterocycles. The number of hydrogen-bond donors (Lipinski definition) is 3. The summed E-state index contributed by atoms with van der Waals surface area (Å²) in [5, 5.41) is 16.7. The molecule has 0 aromatic heterocycles. The van der Waals surface area contributed by atoms with Crippen LogP contribution in [0, 0.1) is 25.2 Å². The Hall–Kier alpha value is -3.33. The van der Waals surface area contributed by atoms with Gasteiger partial charge >= 0.3 is 6.03 Å². The van der Waals surface area contributed by atoms with Crippen molar-refractivity contribution in [2.45, 2.75) is 26.3 Å². The molecule has 1 unspecified atom stereocenters. The van der Waals surface area contributed by atoms with E-state index in [4.69, 9.17) is 5.26 Å². The van der Waals surface area contributed by atoms with Gasteiger partial charge in [0.1, 0.15) is 12.6 Å². The van der Waals surface area contributed by atoms with Gasteiger partial charge in [-0.15, -0.1) is 0 Å². The van der Waals surface area contributed by atoms with Crippen LogP contribution in [0.15, 0.2) is 48.5 Å². The topological polar surface area (TPSA) is 94.0 Å². The van der Waals surface area contributed by atoms with Crippen molar-refractivity contribution in [1.29, 1.82) is 5.26 Å². The molecule has 6 heteroatoms. The molecule has 3 N–H and O–H groups in total. The quantitative estimate of drug-likeness (QED) is 0.699. The number of carbonyl (C=O) groups is 2. The normalized spacial score (nSPS) is 11.1. The number of urea groups is 1. The van der Waals surface area contributed by atoms with Gasteiger partial charge in [-0.25, -0.2) is 4.79 Å². The maximum Gasteiger partial charge on any atom is 0.319 e. The predicted molar refractivity (Wildman–Crippen MR) is 101 cm³/mol. The average Bonchev–Trinajstić information content (AvgIpc) is 2.63. The van der Waals surface area contributed by atoms with Gasteiger partial charge in [-0.05, 0) is 30.5 Å². The molecule has 26 heavy (non-hydrogen) atoms. The van der Waals surface area contributed by atoms with E-state index in [9.17, 15) is 9.59 Å². The Morgan fingerprint density at radius 3 is 2.31 bits per heavy atom. The van der Waals surface area contributed by atoms with Gasteiger partial charge in [-0.3, -0.25) is 4.79 Å². The summed E-state index contributed by atoms with van der Waals surface area (Å²) in [6.07, 6.45) is 0.332. The molecule has 2 aromatic carbocycles. The molecule has 0 aliphatic heterocycles. The van der Waals surface area contributed by atoms with Gasteiger partial charge in [0.25, 0.3) is 0 Å². The Balaban J connectivity index is 2.11. The summed E-state index contributed by atoms with van der Waals surface area (Å²) in [6.45, 7) is 3.71. The first-order valence-electron chi connectivity index (χ1n) is 8.33. The third kappa shape index (κ3) is 5.35. The lowest BCUT2D eigenvalue weighted by Gasteiger charge is -2.19. The van der Waals surface area contributed by atoms with Crippen molar-refractivity contribution >= 4 is 17.6 Å².